The summed E-state index contributed by atoms with van der Waals surface area (Å²) in [7, 11) is 0. The van der Waals surface area contributed by atoms with E-state index in [0.717, 1.165) is 24.0 Å². The summed E-state index contributed by atoms with van der Waals surface area (Å²) in [6.07, 6.45) is 2.23. The molecule has 1 aromatic carbocycles. The molecule has 1 aliphatic carbocycles. The smallest absolute Gasteiger partial charge is 0.411 e. The fraction of sp³-hybridized carbons (Fsp3) is 0.579. The third-order valence-corrected chi connectivity index (χ3v) is 4.51. The molecule has 0 unspecified atom stereocenters. The summed E-state index contributed by atoms with van der Waals surface area (Å²) in [5.74, 6) is 0.586. The Balaban J connectivity index is 1.81. The Bertz CT molecular complexity index is 676. The van der Waals surface area contributed by atoms with Gasteiger partial charge in [-0.3, -0.25) is 9.69 Å². The van der Waals surface area contributed by atoms with Crippen LogP contribution in [0.4, 0.5) is 4.79 Å². The summed E-state index contributed by atoms with van der Waals surface area (Å²) in [5.41, 5.74) is 1.19. The van der Waals surface area contributed by atoms with E-state index in [4.69, 9.17) is 4.74 Å². The zero-order valence-electron chi connectivity index (χ0n) is 15.0. The van der Waals surface area contributed by atoms with Crippen LogP contribution in [0.15, 0.2) is 18.2 Å². The molecule has 6 nitrogen and oxygen atoms in total. The molecule has 1 atom stereocenters. The van der Waals surface area contributed by atoms with Crippen LogP contribution in [0.25, 0.3) is 0 Å². The molecule has 1 aromatic rings. The van der Waals surface area contributed by atoms with Gasteiger partial charge in [0.2, 0.25) is 5.91 Å². The van der Waals surface area contributed by atoms with E-state index in [1.807, 2.05) is 6.07 Å². The number of hydrogen-bond acceptors (Lipinski definition) is 4. The summed E-state index contributed by atoms with van der Waals surface area (Å²) in [6, 6.07) is 4.48. The van der Waals surface area contributed by atoms with Crippen LogP contribution < -0.4 is 5.32 Å². The fourth-order valence-electron chi connectivity index (χ4n) is 3.00. The lowest BCUT2D eigenvalue weighted by molar-refractivity contribution is -0.127. The summed E-state index contributed by atoms with van der Waals surface area (Å²) in [5, 5.41) is 12.7. The average Bonchev–Trinajstić information content (AvgIpc) is 3.34. The monoisotopic (exact) mass is 346 g/mol. The minimum Gasteiger partial charge on any atom is -0.508 e. The lowest BCUT2D eigenvalue weighted by atomic mass is 9.93. The van der Waals surface area contributed by atoms with E-state index in [2.05, 4.69) is 5.32 Å². The van der Waals surface area contributed by atoms with E-state index in [0.29, 0.717) is 18.9 Å². The zero-order valence-corrected chi connectivity index (χ0v) is 15.0. The number of phenols is 1. The van der Waals surface area contributed by atoms with Gasteiger partial charge in [0, 0.05) is 13.0 Å². The van der Waals surface area contributed by atoms with Gasteiger partial charge in [-0.15, -0.1) is 0 Å². The highest BCUT2D eigenvalue weighted by atomic mass is 16.6. The molecular formula is C19H26N2O4. The molecule has 0 saturated heterocycles. The van der Waals surface area contributed by atoms with Crippen LogP contribution in [0.3, 0.4) is 0 Å². The van der Waals surface area contributed by atoms with Crippen molar-refractivity contribution < 1.29 is 19.4 Å². The summed E-state index contributed by atoms with van der Waals surface area (Å²) in [4.78, 5) is 26.8. The predicted molar refractivity (Wildman–Crippen MR) is 93.1 cm³/mol. The number of amides is 2. The van der Waals surface area contributed by atoms with E-state index < -0.39 is 17.7 Å². The van der Waals surface area contributed by atoms with Gasteiger partial charge in [-0.1, -0.05) is 6.07 Å². The van der Waals surface area contributed by atoms with Crippen LogP contribution in [0.2, 0.25) is 0 Å². The molecule has 25 heavy (non-hydrogen) atoms. The number of rotatable bonds is 3. The number of nitrogens with one attached hydrogen (secondary N) is 1. The van der Waals surface area contributed by atoms with Gasteiger partial charge in [-0.05, 0) is 62.8 Å². The van der Waals surface area contributed by atoms with Crippen molar-refractivity contribution in [1.29, 1.82) is 0 Å². The highest BCUT2D eigenvalue weighted by Crippen LogP contribution is 2.29. The fourth-order valence-corrected chi connectivity index (χ4v) is 3.00. The molecule has 1 saturated carbocycles. The second-order valence-corrected chi connectivity index (χ2v) is 7.97. The number of phenolic OH excluding ortho intramolecular Hbond substituents is 1. The van der Waals surface area contributed by atoms with Gasteiger partial charge in [0.15, 0.2) is 0 Å². The topological polar surface area (TPSA) is 78.9 Å². The molecule has 1 fully saturated rings. The maximum Gasteiger partial charge on any atom is 0.411 e. The number of benzene rings is 1. The van der Waals surface area contributed by atoms with Gasteiger partial charge >= 0.3 is 6.09 Å². The van der Waals surface area contributed by atoms with E-state index in [1.165, 1.54) is 4.90 Å². The molecule has 1 heterocycles. The number of hydrogen-bond donors (Lipinski definition) is 2. The lowest BCUT2D eigenvalue weighted by Gasteiger charge is -2.37. The number of carbonyl (C=O) groups excluding carboxylic acids is 2. The SMILES string of the molecule is CC(C)(C)OC(=O)N1Cc2cc(O)ccc2C[C@H]1C(=O)NCC1CC1. The molecule has 2 N–H and O–H groups in total. The van der Waals surface area contributed by atoms with E-state index in [-0.39, 0.29) is 18.2 Å². The van der Waals surface area contributed by atoms with Crippen LogP contribution >= 0.6 is 0 Å². The van der Waals surface area contributed by atoms with Crippen molar-refractivity contribution in [3.8, 4) is 5.75 Å². The Kier molecular flexibility index (Phi) is 4.62. The Morgan fingerprint density at radius 2 is 2.00 bits per heavy atom. The number of carbonyl (C=O) groups is 2. The summed E-state index contributed by atoms with van der Waals surface area (Å²) in [6.45, 7) is 6.32. The summed E-state index contributed by atoms with van der Waals surface area (Å²) >= 11 is 0. The Labute approximate surface area is 148 Å². The van der Waals surface area contributed by atoms with Crippen LogP contribution in [0.1, 0.15) is 44.7 Å². The van der Waals surface area contributed by atoms with E-state index in [9.17, 15) is 14.7 Å². The second kappa shape index (κ2) is 6.58. The number of nitrogens with zero attached hydrogens (tertiary/aromatic N) is 1. The third kappa shape index (κ3) is 4.44. The molecule has 2 aliphatic rings. The van der Waals surface area contributed by atoms with Crippen molar-refractivity contribution in [3.05, 3.63) is 29.3 Å². The molecule has 0 bridgehead atoms. The van der Waals surface area contributed by atoms with Gasteiger partial charge in [-0.2, -0.15) is 0 Å². The molecule has 0 spiro atoms. The maximum atomic E-state index is 12.7. The van der Waals surface area contributed by atoms with Gasteiger partial charge < -0.3 is 15.2 Å². The first-order valence-corrected chi connectivity index (χ1v) is 8.81. The van der Waals surface area contributed by atoms with Crippen molar-refractivity contribution in [3.63, 3.8) is 0 Å². The van der Waals surface area contributed by atoms with Crippen molar-refractivity contribution in [1.82, 2.24) is 10.2 Å². The van der Waals surface area contributed by atoms with Gasteiger partial charge in [0.1, 0.15) is 17.4 Å². The minimum absolute atomic E-state index is 0.142. The molecule has 0 radical (unpaired) electrons. The second-order valence-electron chi connectivity index (χ2n) is 7.97. The van der Waals surface area contributed by atoms with Crippen molar-refractivity contribution >= 4 is 12.0 Å². The number of aromatic hydroxyl groups is 1. The van der Waals surface area contributed by atoms with Gasteiger partial charge in [-0.25, -0.2) is 4.79 Å². The first kappa shape index (κ1) is 17.6. The van der Waals surface area contributed by atoms with Crippen LogP contribution in [0, 0.1) is 5.92 Å². The van der Waals surface area contributed by atoms with Crippen LogP contribution in [-0.2, 0) is 22.5 Å². The predicted octanol–water partition coefficient (Wildman–Crippen LogP) is 2.58. The van der Waals surface area contributed by atoms with E-state index >= 15 is 0 Å². The lowest BCUT2D eigenvalue weighted by Crippen LogP contribution is -2.53. The van der Waals surface area contributed by atoms with Gasteiger partial charge in [0.25, 0.3) is 0 Å². The quantitative estimate of drug-likeness (QED) is 0.882. The Morgan fingerprint density at radius 1 is 1.28 bits per heavy atom. The zero-order chi connectivity index (χ0) is 18.2. The molecule has 0 aromatic heterocycles. The minimum atomic E-state index is -0.634. The highest BCUT2D eigenvalue weighted by molar-refractivity contribution is 5.86. The van der Waals surface area contributed by atoms with Crippen molar-refractivity contribution in [2.75, 3.05) is 6.54 Å². The molecular weight excluding hydrogens is 320 g/mol. The first-order valence-electron chi connectivity index (χ1n) is 8.81. The average molecular weight is 346 g/mol. The van der Waals surface area contributed by atoms with Crippen molar-refractivity contribution in [2.24, 2.45) is 5.92 Å². The first-order chi connectivity index (χ1) is 11.7. The largest absolute Gasteiger partial charge is 0.508 e. The summed E-state index contributed by atoms with van der Waals surface area (Å²) < 4.78 is 5.49. The molecule has 1 aliphatic heterocycles. The normalized spacial score (nSPS) is 20.0. The Morgan fingerprint density at radius 3 is 2.64 bits per heavy atom. The molecule has 3 rings (SSSR count). The van der Waals surface area contributed by atoms with Gasteiger partial charge in [0.05, 0.1) is 6.54 Å². The van der Waals surface area contributed by atoms with Crippen molar-refractivity contribution in [2.45, 2.75) is 58.2 Å². The van der Waals surface area contributed by atoms with Crippen LogP contribution in [-0.4, -0.2) is 40.2 Å². The standard InChI is InChI=1S/C19H26N2O4/c1-19(2,3)25-18(24)21-11-14-8-15(22)7-6-13(14)9-16(21)17(23)20-10-12-4-5-12/h6-8,12,16,22H,4-5,9-11H2,1-3H3,(H,20,23)/t16-/m0/s1. The molecule has 6 heteroatoms. The maximum absolute atomic E-state index is 12.7. The Hall–Kier alpha value is -2.24. The van der Waals surface area contributed by atoms with E-state index in [1.54, 1.807) is 32.9 Å². The number of ether oxygens (including phenoxy) is 1. The van der Waals surface area contributed by atoms with Crippen LogP contribution in [0.5, 0.6) is 5.75 Å². The molecule has 136 valence electrons. The highest BCUT2D eigenvalue weighted by Gasteiger charge is 2.37. The molecule has 2 amide bonds. The number of fused-ring (bicyclic) bond motifs is 1. The third-order valence-electron chi connectivity index (χ3n) is 4.51.